The lowest BCUT2D eigenvalue weighted by Crippen LogP contribution is -2.07. The highest BCUT2D eigenvalue weighted by Gasteiger charge is 2.06. The lowest BCUT2D eigenvalue weighted by molar-refractivity contribution is 0.628. The van der Waals surface area contributed by atoms with E-state index in [2.05, 4.69) is 4.98 Å². The smallest absolute Gasteiger partial charge is 0.255 e. The van der Waals surface area contributed by atoms with Gasteiger partial charge in [0, 0.05) is 11.8 Å². The minimum Gasteiger partial charge on any atom is -0.329 e. The Morgan fingerprint density at radius 2 is 2.00 bits per heavy atom. The van der Waals surface area contributed by atoms with Crippen molar-refractivity contribution in [3.63, 3.8) is 0 Å². The van der Waals surface area contributed by atoms with Crippen molar-refractivity contribution in [2.45, 2.75) is 6.92 Å². The quantitative estimate of drug-likeness (QED) is 0.758. The summed E-state index contributed by atoms with van der Waals surface area (Å²) in [5, 5.41) is 0. The van der Waals surface area contributed by atoms with E-state index in [-0.39, 0.29) is 11.4 Å². The van der Waals surface area contributed by atoms with Crippen LogP contribution in [0.5, 0.6) is 0 Å². The molecule has 0 aliphatic heterocycles. The molecular weight excluding hydrogens is 193 g/mol. The molecule has 3 heteroatoms. The van der Waals surface area contributed by atoms with Gasteiger partial charge >= 0.3 is 0 Å². The zero-order valence-corrected chi connectivity index (χ0v) is 8.25. The third-order valence-corrected chi connectivity index (χ3v) is 2.31. The van der Waals surface area contributed by atoms with Gasteiger partial charge in [-0.15, -0.1) is 0 Å². The maximum atomic E-state index is 13.1. The van der Waals surface area contributed by atoms with Gasteiger partial charge in [-0.3, -0.25) is 4.79 Å². The molecule has 0 atom stereocenters. The van der Waals surface area contributed by atoms with Crippen molar-refractivity contribution in [2.75, 3.05) is 0 Å². The van der Waals surface area contributed by atoms with Gasteiger partial charge in [0.2, 0.25) is 0 Å². The van der Waals surface area contributed by atoms with Crippen LogP contribution in [-0.4, -0.2) is 4.98 Å². The van der Waals surface area contributed by atoms with Crippen LogP contribution >= 0.6 is 0 Å². The molecule has 15 heavy (non-hydrogen) atoms. The second-order valence-electron chi connectivity index (χ2n) is 3.37. The zero-order valence-electron chi connectivity index (χ0n) is 8.25. The number of pyridine rings is 1. The highest BCUT2D eigenvalue weighted by atomic mass is 19.1. The van der Waals surface area contributed by atoms with E-state index in [1.54, 1.807) is 24.4 Å². The molecule has 0 fully saturated rings. The van der Waals surface area contributed by atoms with Crippen molar-refractivity contribution in [3.8, 4) is 11.1 Å². The molecule has 0 aliphatic carbocycles. The number of nitrogens with one attached hydrogen (secondary N) is 1. The Morgan fingerprint density at radius 3 is 2.73 bits per heavy atom. The molecule has 0 spiro atoms. The number of aryl methyl sites for hydroxylation is 1. The minimum atomic E-state index is -0.334. The third kappa shape index (κ3) is 1.81. The normalized spacial score (nSPS) is 10.3. The zero-order chi connectivity index (χ0) is 10.8. The highest BCUT2D eigenvalue weighted by Crippen LogP contribution is 2.20. The maximum absolute atomic E-state index is 13.1. The monoisotopic (exact) mass is 203 g/mol. The van der Waals surface area contributed by atoms with Crippen molar-refractivity contribution in [3.05, 3.63) is 58.3 Å². The molecule has 76 valence electrons. The molecule has 2 aromatic rings. The molecule has 0 bridgehead atoms. The van der Waals surface area contributed by atoms with E-state index in [4.69, 9.17) is 0 Å². The van der Waals surface area contributed by atoms with Crippen LogP contribution in [0.2, 0.25) is 0 Å². The summed E-state index contributed by atoms with van der Waals surface area (Å²) in [6.45, 7) is 1.85. The molecule has 0 amide bonds. The minimum absolute atomic E-state index is 0.203. The highest BCUT2D eigenvalue weighted by molar-refractivity contribution is 5.65. The van der Waals surface area contributed by atoms with Gasteiger partial charge in [0.05, 0.1) is 0 Å². The lowest BCUT2D eigenvalue weighted by atomic mass is 10.0. The molecule has 0 saturated carbocycles. The van der Waals surface area contributed by atoms with Crippen LogP contribution in [0.3, 0.4) is 0 Å². The molecule has 2 rings (SSSR count). The second kappa shape index (κ2) is 3.69. The Hall–Kier alpha value is -1.90. The van der Waals surface area contributed by atoms with Crippen LogP contribution in [-0.2, 0) is 0 Å². The number of hydrogen-bond acceptors (Lipinski definition) is 1. The predicted molar refractivity (Wildman–Crippen MR) is 57.2 cm³/mol. The first kappa shape index (κ1) is 9.65. The van der Waals surface area contributed by atoms with Crippen LogP contribution in [0, 0.1) is 12.7 Å². The van der Waals surface area contributed by atoms with Crippen LogP contribution in [0.15, 0.2) is 41.3 Å². The molecular formula is C12H10FNO. The van der Waals surface area contributed by atoms with E-state index >= 15 is 0 Å². The first-order valence-corrected chi connectivity index (χ1v) is 4.63. The van der Waals surface area contributed by atoms with E-state index in [0.29, 0.717) is 11.1 Å². The van der Waals surface area contributed by atoms with E-state index in [9.17, 15) is 9.18 Å². The summed E-state index contributed by atoms with van der Waals surface area (Å²) in [6, 6.07) is 7.83. The molecule has 1 aromatic carbocycles. The van der Waals surface area contributed by atoms with Crippen molar-refractivity contribution >= 4 is 0 Å². The predicted octanol–water partition coefficient (Wildman–Crippen LogP) is 2.49. The van der Waals surface area contributed by atoms with Gasteiger partial charge in [-0.1, -0.05) is 6.07 Å². The number of aromatic nitrogens is 1. The van der Waals surface area contributed by atoms with Gasteiger partial charge in [0.25, 0.3) is 5.56 Å². The molecule has 0 radical (unpaired) electrons. The standard InChI is InChI=1S/C12H10FNO/c1-8-4-5-9(13)7-11(8)10-3-2-6-14-12(10)15/h2-7H,1H3,(H,14,15). The molecule has 1 aromatic heterocycles. The Bertz CT molecular complexity index is 545. The third-order valence-electron chi connectivity index (χ3n) is 2.31. The Labute approximate surface area is 86.4 Å². The summed E-state index contributed by atoms with van der Waals surface area (Å²) >= 11 is 0. The average Bonchev–Trinajstić information content (AvgIpc) is 2.23. The van der Waals surface area contributed by atoms with Gasteiger partial charge in [-0.25, -0.2) is 4.39 Å². The van der Waals surface area contributed by atoms with E-state index in [1.165, 1.54) is 12.1 Å². The topological polar surface area (TPSA) is 32.9 Å². The Balaban J connectivity index is 2.69. The van der Waals surface area contributed by atoms with Gasteiger partial charge in [-0.2, -0.15) is 0 Å². The van der Waals surface area contributed by atoms with Crippen LogP contribution in [0.25, 0.3) is 11.1 Å². The number of rotatable bonds is 1. The fourth-order valence-electron chi connectivity index (χ4n) is 1.52. The summed E-state index contributed by atoms with van der Waals surface area (Å²) in [6.07, 6.45) is 1.56. The first-order valence-electron chi connectivity index (χ1n) is 4.63. The van der Waals surface area contributed by atoms with Crippen LogP contribution in [0.4, 0.5) is 4.39 Å². The summed E-state index contributed by atoms with van der Waals surface area (Å²) in [7, 11) is 0. The molecule has 0 aliphatic rings. The van der Waals surface area contributed by atoms with Crippen molar-refractivity contribution in [1.29, 1.82) is 0 Å². The molecule has 0 unspecified atom stereocenters. The van der Waals surface area contributed by atoms with E-state index in [1.807, 2.05) is 6.92 Å². The van der Waals surface area contributed by atoms with Gasteiger partial charge in [0.15, 0.2) is 0 Å². The largest absolute Gasteiger partial charge is 0.329 e. The Kier molecular flexibility index (Phi) is 2.37. The molecule has 1 N–H and O–H groups in total. The first-order chi connectivity index (χ1) is 7.18. The summed E-state index contributed by atoms with van der Waals surface area (Å²) in [5.74, 6) is -0.334. The summed E-state index contributed by atoms with van der Waals surface area (Å²) < 4.78 is 13.1. The number of hydrogen-bond donors (Lipinski definition) is 1. The van der Waals surface area contributed by atoms with Crippen LogP contribution < -0.4 is 5.56 Å². The second-order valence-corrected chi connectivity index (χ2v) is 3.37. The van der Waals surface area contributed by atoms with E-state index < -0.39 is 0 Å². The van der Waals surface area contributed by atoms with Gasteiger partial charge in [0.1, 0.15) is 5.82 Å². The number of H-pyrrole nitrogens is 1. The fraction of sp³-hybridized carbons (Fsp3) is 0.0833. The number of halogens is 1. The fourth-order valence-corrected chi connectivity index (χ4v) is 1.52. The number of benzene rings is 1. The Morgan fingerprint density at radius 1 is 1.20 bits per heavy atom. The number of aromatic amines is 1. The van der Waals surface area contributed by atoms with Crippen LogP contribution in [0.1, 0.15) is 5.56 Å². The van der Waals surface area contributed by atoms with Crippen molar-refractivity contribution in [1.82, 2.24) is 4.98 Å². The summed E-state index contributed by atoms with van der Waals surface area (Å²) in [4.78, 5) is 14.1. The van der Waals surface area contributed by atoms with Gasteiger partial charge < -0.3 is 4.98 Å². The lowest BCUT2D eigenvalue weighted by Gasteiger charge is -2.04. The van der Waals surface area contributed by atoms with E-state index in [0.717, 1.165) is 5.56 Å². The van der Waals surface area contributed by atoms with Crippen molar-refractivity contribution < 1.29 is 4.39 Å². The van der Waals surface area contributed by atoms with Crippen molar-refractivity contribution in [2.24, 2.45) is 0 Å². The van der Waals surface area contributed by atoms with Gasteiger partial charge in [-0.05, 0) is 42.3 Å². The maximum Gasteiger partial charge on any atom is 0.255 e. The SMILES string of the molecule is Cc1ccc(F)cc1-c1ccc[nH]c1=O. The average molecular weight is 203 g/mol. The molecule has 2 nitrogen and oxygen atoms in total. The molecule has 1 heterocycles. The molecule has 0 saturated heterocycles. The summed E-state index contributed by atoms with van der Waals surface area (Å²) in [5.41, 5.74) is 1.81.